The van der Waals surface area contributed by atoms with Crippen LogP contribution in [0.25, 0.3) is 0 Å². The second-order valence-corrected chi connectivity index (χ2v) is 3.06. The van der Waals surface area contributed by atoms with Gasteiger partial charge >= 0.3 is 5.97 Å². The number of methoxy groups -OCH3 is 1. The molecule has 0 atom stereocenters. The summed E-state index contributed by atoms with van der Waals surface area (Å²) < 4.78 is 4.41. The number of nitrogens with one attached hydrogen (secondary N) is 1. The molecular formula is C9H16N2O4. The summed E-state index contributed by atoms with van der Waals surface area (Å²) in [5.41, 5.74) is 0. The van der Waals surface area contributed by atoms with E-state index in [1.165, 1.54) is 26.0 Å². The second-order valence-electron chi connectivity index (χ2n) is 3.06. The molecule has 15 heavy (non-hydrogen) atoms. The van der Waals surface area contributed by atoms with Crippen molar-refractivity contribution >= 4 is 17.8 Å². The van der Waals surface area contributed by atoms with E-state index in [9.17, 15) is 14.4 Å². The fourth-order valence-corrected chi connectivity index (χ4v) is 0.883. The zero-order chi connectivity index (χ0) is 11.8. The van der Waals surface area contributed by atoms with Crippen molar-refractivity contribution in [2.45, 2.75) is 13.3 Å². The number of likely N-dealkylation sites (N-methyl/N-ethyl adjacent to an activating group) is 1. The smallest absolute Gasteiger partial charge is 0.325 e. The Hall–Kier alpha value is -1.59. The number of amides is 2. The monoisotopic (exact) mass is 216 g/mol. The minimum Gasteiger partial charge on any atom is -0.468 e. The standard InChI is InChI=1S/C9H16N2O4/c1-7(12)10-5-4-8(13)11(2)6-9(14)15-3/h4-6H2,1-3H3,(H,10,12). The molecule has 0 aromatic heterocycles. The molecule has 0 aliphatic heterocycles. The molecule has 0 fully saturated rings. The summed E-state index contributed by atoms with van der Waals surface area (Å²) in [6.07, 6.45) is 0.174. The summed E-state index contributed by atoms with van der Waals surface area (Å²) in [4.78, 5) is 33.9. The van der Waals surface area contributed by atoms with Crippen LogP contribution in [-0.4, -0.2) is 49.9 Å². The van der Waals surface area contributed by atoms with Crippen LogP contribution in [0.5, 0.6) is 0 Å². The Morgan fingerprint density at radius 3 is 2.40 bits per heavy atom. The molecule has 0 aliphatic carbocycles. The van der Waals surface area contributed by atoms with Gasteiger partial charge in [0.25, 0.3) is 0 Å². The Morgan fingerprint density at radius 1 is 1.33 bits per heavy atom. The van der Waals surface area contributed by atoms with Crippen LogP contribution < -0.4 is 5.32 Å². The average molecular weight is 216 g/mol. The Bertz CT molecular complexity index is 252. The minimum atomic E-state index is -0.467. The number of rotatable bonds is 5. The maximum atomic E-state index is 11.3. The summed E-state index contributed by atoms with van der Waals surface area (Å²) in [5.74, 6) is -0.863. The highest BCUT2D eigenvalue weighted by Gasteiger charge is 2.12. The van der Waals surface area contributed by atoms with Gasteiger partial charge in [-0.05, 0) is 0 Å². The summed E-state index contributed by atoms with van der Waals surface area (Å²) >= 11 is 0. The van der Waals surface area contributed by atoms with Gasteiger partial charge in [-0.3, -0.25) is 14.4 Å². The first kappa shape index (κ1) is 13.4. The quantitative estimate of drug-likeness (QED) is 0.607. The SMILES string of the molecule is COC(=O)CN(C)C(=O)CCNC(C)=O. The Morgan fingerprint density at radius 2 is 1.93 bits per heavy atom. The fraction of sp³-hybridized carbons (Fsp3) is 0.667. The Kier molecular flexibility index (Phi) is 6.08. The average Bonchev–Trinajstić information content (AvgIpc) is 2.16. The first-order valence-corrected chi connectivity index (χ1v) is 4.52. The molecule has 6 heteroatoms. The first-order valence-electron chi connectivity index (χ1n) is 4.52. The van der Waals surface area contributed by atoms with Crippen LogP contribution in [-0.2, 0) is 19.1 Å². The van der Waals surface area contributed by atoms with Crippen molar-refractivity contribution in [1.29, 1.82) is 0 Å². The van der Waals surface area contributed by atoms with Crippen molar-refractivity contribution in [3.05, 3.63) is 0 Å². The highest BCUT2D eigenvalue weighted by Crippen LogP contribution is 1.90. The van der Waals surface area contributed by atoms with Crippen molar-refractivity contribution in [2.24, 2.45) is 0 Å². The van der Waals surface area contributed by atoms with Crippen LogP contribution in [0.15, 0.2) is 0 Å². The van der Waals surface area contributed by atoms with E-state index in [2.05, 4.69) is 10.1 Å². The van der Waals surface area contributed by atoms with Gasteiger partial charge in [0, 0.05) is 26.9 Å². The zero-order valence-corrected chi connectivity index (χ0v) is 9.20. The van der Waals surface area contributed by atoms with Gasteiger partial charge in [-0.2, -0.15) is 0 Å². The molecule has 0 radical (unpaired) electrons. The number of carbonyl (C=O) groups is 3. The molecule has 0 saturated carbocycles. The number of nitrogens with zero attached hydrogens (tertiary/aromatic N) is 1. The first-order chi connectivity index (χ1) is 6.97. The molecule has 0 rings (SSSR count). The van der Waals surface area contributed by atoms with Crippen molar-refractivity contribution in [2.75, 3.05) is 27.2 Å². The number of ether oxygens (including phenoxy) is 1. The molecule has 0 unspecified atom stereocenters. The van der Waals surface area contributed by atoms with E-state index in [1.54, 1.807) is 0 Å². The molecule has 0 aromatic rings. The van der Waals surface area contributed by atoms with Gasteiger partial charge in [0.15, 0.2) is 0 Å². The third kappa shape index (κ3) is 6.48. The van der Waals surface area contributed by atoms with Gasteiger partial charge in [-0.15, -0.1) is 0 Å². The summed E-state index contributed by atoms with van der Waals surface area (Å²) in [7, 11) is 2.77. The maximum absolute atomic E-state index is 11.3. The lowest BCUT2D eigenvalue weighted by molar-refractivity contribution is -0.146. The highest BCUT2D eigenvalue weighted by atomic mass is 16.5. The topological polar surface area (TPSA) is 75.7 Å². The molecule has 0 saturated heterocycles. The molecule has 6 nitrogen and oxygen atoms in total. The van der Waals surface area contributed by atoms with Crippen molar-refractivity contribution in [3.63, 3.8) is 0 Å². The van der Waals surface area contributed by atoms with Crippen molar-refractivity contribution in [1.82, 2.24) is 10.2 Å². The van der Waals surface area contributed by atoms with Gasteiger partial charge in [0.1, 0.15) is 6.54 Å². The van der Waals surface area contributed by atoms with E-state index in [-0.39, 0.29) is 31.3 Å². The van der Waals surface area contributed by atoms with Crippen LogP contribution in [0.2, 0.25) is 0 Å². The lowest BCUT2D eigenvalue weighted by Crippen LogP contribution is -2.35. The molecule has 2 amide bonds. The predicted octanol–water partition coefficient (Wildman–Crippen LogP) is -0.856. The van der Waals surface area contributed by atoms with E-state index in [0.29, 0.717) is 0 Å². The maximum Gasteiger partial charge on any atom is 0.325 e. The Balaban J connectivity index is 3.79. The lowest BCUT2D eigenvalue weighted by atomic mass is 10.3. The van der Waals surface area contributed by atoms with E-state index in [4.69, 9.17) is 0 Å². The number of carbonyl (C=O) groups excluding carboxylic acids is 3. The molecule has 0 spiro atoms. The van der Waals surface area contributed by atoms with Gasteiger partial charge in [0.05, 0.1) is 7.11 Å². The minimum absolute atomic E-state index is 0.0740. The highest BCUT2D eigenvalue weighted by molar-refractivity contribution is 5.82. The molecule has 86 valence electrons. The molecule has 0 aromatic carbocycles. The van der Waals surface area contributed by atoms with Crippen LogP contribution in [0.3, 0.4) is 0 Å². The van der Waals surface area contributed by atoms with Crippen molar-refractivity contribution < 1.29 is 19.1 Å². The molecule has 1 N–H and O–H groups in total. The van der Waals surface area contributed by atoms with Crippen LogP contribution in [0.4, 0.5) is 0 Å². The Labute approximate surface area is 88.6 Å². The van der Waals surface area contributed by atoms with Gasteiger partial charge in [0.2, 0.25) is 11.8 Å². The molecule has 0 aliphatic rings. The van der Waals surface area contributed by atoms with Crippen LogP contribution >= 0.6 is 0 Å². The summed E-state index contributed by atoms with van der Waals surface area (Å²) in [5, 5.41) is 2.50. The summed E-state index contributed by atoms with van der Waals surface area (Å²) in [6.45, 7) is 1.58. The third-order valence-corrected chi connectivity index (χ3v) is 1.73. The largest absolute Gasteiger partial charge is 0.468 e. The summed E-state index contributed by atoms with van der Waals surface area (Å²) in [6, 6.07) is 0. The fourth-order valence-electron chi connectivity index (χ4n) is 0.883. The molecular weight excluding hydrogens is 200 g/mol. The van der Waals surface area contributed by atoms with E-state index in [1.807, 2.05) is 0 Å². The van der Waals surface area contributed by atoms with E-state index in [0.717, 1.165) is 0 Å². The van der Waals surface area contributed by atoms with Crippen LogP contribution in [0, 0.1) is 0 Å². The predicted molar refractivity (Wildman–Crippen MR) is 53.0 cm³/mol. The lowest BCUT2D eigenvalue weighted by Gasteiger charge is -2.15. The number of hydrogen-bond acceptors (Lipinski definition) is 4. The molecule has 0 bridgehead atoms. The van der Waals surface area contributed by atoms with E-state index < -0.39 is 5.97 Å². The zero-order valence-electron chi connectivity index (χ0n) is 9.20. The van der Waals surface area contributed by atoms with Gasteiger partial charge < -0.3 is 15.0 Å². The number of hydrogen-bond donors (Lipinski definition) is 1. The van der Waals surface area contributed by atoms with Crippen molar-refractivity contribution in [3.8, 4) is 0 Å². The van der Waals surface area contributed by atoms with E-state index >= 15 is 0 Å². The molecule has 0 heterocycles. The van der Waals surface area contributed by atoms with Crippen LogP contribution in [0.1, 0.15) is 13.3 Å². The third-order valence-electron chi connectivity index (χ3n) is 1.73. The number of esters is 1. The normalized spacial score (nSPS) is 9.27. The van der Waals surface area contributed by atoms with Gasteiger partial charge in [-0.1, -0.05) is 0 Å². The van der Waals surface area contributed by atoms with Gasteiger partial charge in [-0.25, -0.2) is 0 Å². The second kappa shape index (κ2) is 6.80.